The summed E-state index contributed by atoms with van der Waals surface area (Å²) in [6.45, 7) is -0.654. The SMILES string of the molecule is O=C(O)COc1c(Cl)cc(/C=C2/C(=O)NC(=O)N(c3ccc(Cl)cc3)C2=O)cc1Cl. The van der Waals surface area contributed by atoms with Crippen molar-refractivity contribution >= 4 is 70.4 Å². The van der Waals surface area contributed by atoms with E-state index in [1.54, 1.807) is 0 Å². The molecule has 0 unspecified atom stereocenters. The van der Waals surface area contributed by atoms with E-state index in [-0.39, 0.29) is 32.6 Å². The number of carboxylic acid groups (broad SMARTS) is 1. The van der Waals surface area contributed by atoms with E-state index in [2.05, 4.69) is 5.32 Å². The standard InChI is InChI=1S/C19H11Cl3N2O6/c20-10-1-3-11(4-2-10)24-18(28)12(17(27)23-19(24)29)5-9-6-13(21)16(14(22)7-9)30-8-15(25)26/h1-7H,8H2,(H,25,26)(H,23,27,29)/b12-5-. The van der Waals surface area contributed by atoms with Crippen LogP contribution in [0.4, 0.5) is 10.5 Å². The number of benzene rings is 2. The molecule has 2 aromatic rings. The number of nitrogens with zero attached hydrogens (tertiary/aromatic N) is 1. The van der Waals surface area contributed by atoms with Crippen LogP contribution in [-0.4, -0.2) is 35.5 Å². The third-order valence-electron chi connectivity index (χ3n) is 3.86. The number of rotatable bonds is 5. The van der Waals surface area contributed by atoms with Gasteiger partial charge in [0.25, 0.3) is 11.8 Å². The van der Waals surface area contributed by atoms with Gasteiger partial charge in [0.05, 0.1) is 15.7 Å². The van der Waals surface area contributed by atoms with Crippen LogP contribution in [0.2, 0.25) is 15.1 Å². The summed E-state index contributed by atoms with van der Waals surface area (Å²) in [6.07, 6.45) is 1.20. The zero-order chi connectivity index (χ0) is 22.0. The lowest BCUT2D eigenvalue weighted by Gasteiger charge is -2.26. The van der Waals surface area contributed by atoms with Crippen molar-refractivity contribution in [1.82, 2.24) is 5.32 Å². The minimum absolute atomic E-state index is 0.0232. The summed E-state index contributed by atoms with van der Waals surface area (Å²) in [4.78, 5) is 48.7. The third-order valence-corrected chi connectivity index (χ3v) is 4.67. The number of urea groups is 1. The van der Waals surface area contributed by atoms with Crippen LogP contribution in [0, 0.1) is 0 Å². The molecule has 1 heterocycles. The Morgan fingerprint density at radius 3 is 2.23 bits per heavy atom. The minimum atomic E-state index is -1.22. The second kappa shape index (κ2) is 8.74. The van der Waals surface area contributed by atoms with E-state index in [0.29, 0.717) is 5.02 Å². The Labute approximate surface area is 184 Å². The number of halogens is 3. The highest BCUT2D eigenvalue weighted by molar-refractivity contribution is 6.40. The summed E-state index contributed by atoms with van der Waals surface area (Å²) in [5, 5.41) is 11.1. The molecule has 0 aliphatic carbocycles. The van der Waals surface area contributed by atoms with Gasteiger partial charge in [0.2, 0.25) is 0 Å². The van der Waals surface area contributed by atoms with Gasteiger partial charge >= 0.3 is 12.0 Å². The van der Waals surface area contributed by atoms with Crippen LogP contribution >= 0.6 is 34.8 Å². The first-order chi connectivity index (χ1) is 14.2. The number of ether oxygens (including phenoxy) is 1. The molecule has 30 heavy (non-hydrogen) atoms. The van der Waals surface area contributed by atoms with Gasteiger partial charge in [-0.15, -0.1) is 0 Å². The molecule has 2 aromatic carbocycles. The second-order valence-electron chi connectivity index (χ2n) is 5.93. The lowest BCUT2D eigenvalue weighted by atomic mass is 10.1. The van der Waals surface area contributed by atoms with Crippen LogP contribution in [-0.2, 0) is 14.4 Å². The number of anilines is 1. The zero-order valence-corrected chi connectivity index (χ0v) is 17.1. The van der Waals surface area contributed by atoms with Gasteiger partial charge in [0.15, 0.2) is 12.4 Å². The molecule has 1 aliphatic heterocycles. The Morgan fingerprint density at radius 1 is 1.07 bits per heavy atom. The van der Waals surface area contributed by atoms with E-state index in [1.807, 2.05) is 0 Å². The number of carbonyl (C=O) groups is 4. The lowest BCUT2D eigenvalue weighted by Crippen LogP contribution is -2.54. The molecule has 0 aromatic heterocycles. The number of hydrogen-bond acceptors (Lipinski definition) is 5. The fourth-order valence-electron chi connectivity index (χ4n) is 2.58. The maximum atomic E-state index is 12.8. The van der Waals surface area contributed by atoms with E-state index in [0.717, 1.165) is 4.90 Å². The highest BCUT2D eigenvalue weighted by Gasteiger charge is 2.36. The highest BCUT2D eigenvalue weighted by atomic mass is 35.5. The summed E-state index contributed by atoms with van der Waals surface area (Å²) in [5.74, 6) is -3.02. The van der Waals surface area contributed by atoms with Gasteiger partial charge in [0, 0.05) is 5.02 Å². The molecule has 0 saturated carbocycles. The normalized spacial score (nSPS) is 15.4. The molecule has 0 spiro atoms. The minimum Gasteiger partial charge on any atom is -0.479 e. The number of aliphatic carboxylic acids is 1. The van der Waals surface area contributed by atoms with Crippen molar-refractivity contribution in [2.75, 3.05) is 11.5 Å². The Bertz CT molecular complexity index is 1070. The number of barbiturate groups is 1. The molecule has 154 valence electrons. The molecule has 1 saturated heterocycles. The quantitative estimate of drug-likeness (QED) is 0.509. The summed E-state index contributed by atoms with van der Waals surface area (Å²) in [7, 11) is 0. The van der Waals surface area contributed by atoms with Gasteiger partial charge in [-0.3, -0.25) is 14.9 Å². The molecular weight excluding hydrogens is 459 g/mol. The van der Waals surface area contributed by atoms with Gasteiger partial charge in [-0.2, -0.15) is 0 Å². The summed E-state index contributed by atoms with van der Waals surface area (Å²) in [5.41, 5.74) is 0.140. The molecule has 2 N–H and O–H groups in total. The van der Waals surface area contributed by atoms with Crippen molar-refractivity contribution in [2.45, 2.75) is 0 Å². The third kappa shape index (κ3) is 4.56. The molecule has 4 amide bonds. The summed E-state index contributed by atoms with van der Waals surface area (Å²) in [6, 6.07) is 7.66. The highest BCUT2D eigenvalue weighted by Crippen LogP contribution is 2.35. The molecule has 3 rings (SSSR count). The van der Waals surface area contributed by atoms with Crippen molar-refractivity contribution in [3.05, 3.63) is 62.6 Å². The summed E-state index contributed by atoms with van der Waals surface area (Å²) < 4.78 is 5.02. The fraction of sp³-hybridized carbons (Fsp3) is 0.0526. The predicted octanol–water partition coefficient (Wildman–Crippen LogP) is 3.78. The molecule has 0 radical (unpaired) electrons. The molecule has 0 atom stereocenters. The Morgan fingerprint density at radius 2 is 1.67 bits per heavy atom. The fourth-order valence-corrected chi connectivity index (χ4v) is 3.32. The number of carbonyl (C=O) groups excluding carboxylic acids is 3. The van der Waals surface area contributed by atoms with Crippen molar-refractivity contribution in [3.63, 3.8) is 0 Å². The van der Waals surface area contributed by atoms with Gasteiger partial charge < -0.3 is 9.84 Å². The van der Waals surface area contributed by atoms with Gasteiger partial charge in [-0.25, -0.2) is 14.5 Å². The van der Waals surface area contributed by atoms with Crippen molar-refractivity contribution in [2.24, 2.45) is 0 Å². The van der Waals surface area contributed by atoms with E-state index in [4.69, 9.17) is 44.6 Å². The second-order valence-corrected chi connectivity index (χ2v) is 7.18. The Balaban J connectivity index is 1.96. The first-order valence-corrected chi connectivity index (χ1v) is 9.31. The molecule has 8 nitrogen and oxygen atoms in total. The largest absolute Gasteiger partial charge is 0.479 e. The smallest absolute Gasteiger partial charge is 0.341 e. The Hall–Kier alpha value is -3.07. The van der Waals surface area contributed by atoms with Crippen LogP contribution in [0.5, 0.6) is 5.75 Å². The van der Waals surface area contributed by atoms with E-state index >= 15 is 0 Å². The predicted molar refractivity (Wildman–Crippen MR) is 110 cm³/mol. The maximum absolute atomic E-state index is 12.8. The monoisotopic (exact) mass is 468 g/mol. The molecular formula is C19H11Cl3N2O6. The number of nitrogens with one attached hydrogen (secondary N) is 1. The molecule has 1 fully saturated rings. The van der Waals surface area contributed by atoms with Crippen LogP contribution in [0.3, 0.4) is 0 Å². The molecule has 11 heteroatoms. The van der Waals surface area contributed by atoms with Crippen molar-refractivity contribution < 1.29 is 29.0 Å². The van der Waals surface area contributed by atoms with E-state index in [9.17, 15) is 19.2 Å². The van der Waals surface area contributed by atoms with E-state index < -0.39 is 30.4 Å². The van der Waals surface area contributed by atoms with E-state index in [1.165, 1.54) is 42.5 Å². The Kier molecular flexibility index (Phi) is 6.31. The van der Waals surface area contributed by atoms with Crippen molar-refractivity contribution in [3.8, 4) is 5.75 Å². The van der Waals surface area contributed by atoms with Crippen LogP contribution in [0.25, 0.3) is 6.08 Å². The number of amides is 4. The van der Waals surface area contributed by atoms with Crippen LogP contribution in [0.15, 0.2) is 42.0 Å². The maximum Gasteiger partial charge on any atom is 0.341 e. The number of carboxylic acids is 1. The van der Waals surface area contributed by atoms with Gasteiger partial charge in [-0.05, 0) is 48.0 Å². The van der Waals surface area contributed by atoms with Crippen LogP contribution < -0.4 is 15.0 Å². The average Bonchev–Trinajstić information content (AvgIpc) is 2.65. The number of hydrogen-bond donors (Lipinski definition) is 2. The lowest BCUT2D eigenvalue weighted by molar-refractivity contribution is -0.139. The topological polar surface area (TPSA) is 113 Å². The average molecular weight is 470 g/mol. The van der Waals surface area contributed by atoms with Crippen LogP contribution in [0.1, 0.15) is 5.56 Å². The number of imide groups is 2. The first-order valence-electron chi connectivity index (χ1n) is 8.18. The molecule has 1 aliphatic rings. The van der Waals surface area contributed by atoms with Gasteiger partial charge in [0.1, 0.15) is 5.57 Å². The molecule has 0 bridgehead atoms. The first kappa shape index (κ1) is 21.6. The summed E-state index contributed by atoms with van der Waals surface area (Å²) >= 11 is 18.0. The van der Waals surface area contributed by atoms with Gasteiger partial charge in [-0.1, -0.05) is 34.8 Å². The van der Waals surface area contributed by atoms with Crippen molar-refractivity contribution in [1.29, 1.82) is 0 Å². The zero-order valence-electron chi connectivity index (χ0n) is 14.8.